The first-order valence-corrected chi connectivity index (χ1v) is 10.5. The second kappa shape index (κ2) is 11.4. The van der Waals surface area contributed by atoms with Gasteiger partial charge in [0, 0.05) is 13.0 Å². The molecule has 0 atom stereocenters. The Morgan fingerprint density at radius 3 is 2.53 bits per heavy atom. The molecule has 0 saturated carbocycles. The van der Waals surface area contributed by atoms with Crippen LogP contribution in [0.1, 0.15) is 30.5 Å². The number of nitrogens with one attached hydrogen (secondary N) is 1. The maximum atomic E-state index is 12.0. The monoisotopic (exact) mass is 433 g/mol. The van der Waals surface area contributed by atoms with Crippen molar-refractivity contribution >= 4 is 11.7 Å². The Kier molecular flexibility index (Phi) is 8.09. The lowest BCUT2D eigenvalue weighted by Crippen LogP contribution is -2.25. The summed E-state index contributed by atoms with van der Waals surface area (Å²) in [7, 11) is 1.61. The maximum absolute atomic E-state index is 12.0. The molecule has 0 aliphatic heterocycles. The van der Waals surface area contributed by atoms with Crippen LogP contribution in [0.5, 0.6) is 11.5 Å². The molecule has 1 heterocycles. The first kappa shape index (κ1) is 22.7. The average molecular weight is 434 g/mol. The van der Waals surface area contributed by atoms with Crippen LogP contribution in [0.15, 0.2) is 54.6 Å². The average Bonchev–Trinajstić information content (AvgIpc) is 3.15. The van der Waals surface area contributed by atoms with Gasteiger partial charge in [-0.25, -0.2) is 4.68 Å². The molecule has 1 amide bonds. The number of hydrogen-bond acceptors (Lipinski definition) is 6. The van der Waals surface area contributed by atoms with E-state index in [1.807, 2.05) is 54.6 Å². The van der Waals surface area contributed by atoms with Gasteiger partial charge in [0.25, 0.3) is 0 Å². The number of nitrogens with zero attached hydrogens (tertiary/aromatic N) is 3. The molecular weight excluding hydrogens is 406 g/mol. The highest BCUT2D eigenvalue weighted by Crippen LogP contribution is 2.21. The summed E-state index contributed by atoms with van der Waals surface area (Å²) >= 11 is 0. The van der Waals surface area contributed by atoms with Gasteiger partial charge in [-0.3, -0.25) is 4.79 Å². The van der Waals surface area contributed by atoms with Gasteiger partial charge < -0.3 is 20.5 Å². The number of hydrogen-bond donors (Lipinski definition) is 2. The summed E-state index contributed by atoms with van der Waals surface area (Å²) in [5.74, 6) is 1.81. The van der Waals surface area contributed by atoms with E-state index in [9.17, 15) is 10.1 Å². The van der Waals surface area contributed by atoms with Crippen LogP contribution >= 0.6 is 0 Å². The van der Waals surface area contributed by atoms with Crippen LogP contribution < -0.4 is 20.5 Å². The standard InChI is InChI=1S/C24H27N5O3/c1-31-19-11-13-20(14-12-19)32-16-6-10-23(30)27-15-5-9-22-21(17-25)24(26)29(28-22)18-7-3-2-4-8-18/h2-4,7-8,11-14H,5-6,9-10,15-16,26H2,1H3,(H,27,30). The van der Waals surface area contributed by atoms with Crippen molar-refractivity contribution in [3.63, 3.8) is 0 Å². The zero-order valence-electron chi connectivity index (χ0n) is 18.1. The largest absolute Gasteiger partial charge is 0.497 e. The highest BCUT2D eigenvalue weighted by Gasteiger charge is 2.16. The number of para-hydroxylation sites is 1. The molecule has 8 heteroatoms. The van der Waals surface area contributed by atoms with Crippen molar-refractivity contribution < 1.29 is 14.3 Å². The Morgan fingerprint density at radius 1 is 1.12 bits per heavy atom. The third-order valence-electron chi connectivity index (χ3n) is 4.90. The highest BCUT2D eigenvalue weighted by molar-refractivity contribution is 5.75. The molecule has 166 valence electrons. The van der Waals surface area contributed by atoms with E-state index in [0.29, 0.717) is 55.9 Å². The normalized spacial score (nSPS) is 10.4. The van der Waals surface area contributed by atoms with Crippen molar-refractivity contribution in [2.45, 2.75) is 25.7 Å². The fraction of sp³-hybridized carbons (Fsp3) is 0.292. The number of amides is 1. The summed E-state index contributed by atoms with van der Waals surface area (Å²) in [6, 6.07) is 18.9. The molecule has 0 unspecified atom stereocenters. The van der Waals surface area contributed by atoms with Crippen molar-refractivity contribution in [2.75, 3.05) is 26.0 Å². The Hall–Kier alpha value is -3.99. The molecule has 32 heavy (non-hydrogen) atoms. The number of ether oxygens (including phenoxy) is 2. The topological polar surface area (TPSA) is 115 Å². The molecular formula is C24H27N5O3. The van der Waals surface area contributed by atoms with Gasteiger partial charge in [-0.05, 0) is 55.7 Å². The van der Waals surface area contributed by atoms with Crippen molar-refractivity contribution in [1.29, 1.82) is 5.26 Å². The second-order valence-corrected chi connectivity index (χ2v) is 7.15. The van der Waals surface area contributed by atoms with Crippen molar-refractivity contribution in [1.82, 2.24) is 15.1 Å². The lowest BCUT2D eigenvalue weighted by Gasteiger charge is -2.07. The summed E-state index contributed by atoms with van der Waals surface area (Å²) in [5, 5.41) is 16.9. The summed E-state index contributed by atoms with van der Waals surface area (Å²) < 4.78 is 12.3. The quantitative estimate of drug-likeness (QED) is 0.449. The SMILES string of the molecule is COc1ccc(OCCCC(=O)NCCCc2nn(-c3ccccc3)c(N)c2C#N)cc1. The molecule has 3 N–H and O–H groups in total. The number of nitriles is 1. The first-order chi connectivity index (χ1) is 15.6. The molecule has 1 aromatic heterocycles. The fourth-order valence-corrected chi connectivity index (χ4v) is 3.21. The number of benzene rings is 2. The summed E-state index contributed by atoms with van der Waals surface area (Å²) in [6.45, 7) is 0.961. The van der Waals surface area contributed by atoms with Crippen LogP contribution in [0.2, 0.25) is 0 Å². The molecule has 3 aromatic rings. The minimum absolute atomic E-state index is 0.0295. The van der Waals surface area contributed by atoms with Gasteiger partial charge in [0.1, 0.15) is 28.9 Å². The van der Waals surface area contributed by atoms with E-state index in [-0.39, 0.29) is 5.91 Å². The van der Waals surface area contributed by atoms with E-state index in [0.717, 1.165) is 17.2 Å². The van der Waals surface area contributed by atoms with Crippen molar-refractivity contribution in [3.8, 4) is 23.3 Å². The van der Waals surface area contributed by atoms with Gasteiger partial charge in [-0.15, -0.1) is 0 Å². The molecule has 0 aliphatic carbocycles. The number of nitrogen functional groups attached to an aromatic ring is 1. The van der Waals surface area contributed by atoms with Crippen LogP contribution in [0, 0.1) is 11.3 Å². The Morgan fingerprint density at radius 2 is 1.84 bits per heavy atom. The number of carbonyl (C=O) groups is 1. The van der Waals surface area contributed by atoms with Gasteiger partial charge in [-0.2, -0.15) is 10.4 Å². The van der Waals surface area contributed by atoms with Gasteiger partial charge in [0.15, 0.2) is 0 Å². The predicted molar refractivity (Wildman–Crippen MR) is 122 cm³/mol. The van der Waals surface area contributed by atoms with Gasteiger partial charge in [-0.1, -0.05) is 18.2 Å². The molecule has 2 aromatic carbocycles. The van der Waals surface area contributed by atoms with Gasteiger partial charge in [0.05, 0.1) is 25.1 Å². The van der Waals surface area contributed by atoms with Crippen molar-refractivity contribution in [3.05, 3.63) is 65.9 Å². The Labute approximate surface area is 187 Å². The van der Waals surface area contributed by atoms with E-state index >= 15 is 0 Å². The van der Waals surface area contributed by atoms with Crippen LogP contribution in [0.25, 0.3) is 5.69 Å². The lowest BCUT2D eigenvalue weighted by atomic mass is 10.1. The van der Waals surface area contributed by atoms with Crippen LogP contribution in [0.4, 0.5) is 5.82 Å². The fourth-order valence-electron chi connectivity index (χ4n) is 3.21. The van der Waals surface area contributed by atoms with Gasteiger partial charge >= 0.3 is 0 Å². The smallest absolute Gasteiger partial charge is 0.220 e. The number of rotatable bonds is 11. The van der Waals surface area contributed by atoms with Crippen molar-refractivity contribution in [2.24, 2.45) is 0 Å². The molecule has 0 radical (unpaired) electrons. The molecule has 8 nitrogen and oxygen atoms in total. The van der Waals surface area contributed by atoms with E-state index in [4.69, 9.17) is 15.2 Å². The van der Waals surface area contributed by atoms with E-state index < -0.39 is 0 Å². The van der Waals surface area contributed by atoms with Crippen LogP contribution in [0.3, 0.4) is 0 Å². The van der Waals surface area contributed by atoms with Crippen LogP contribution in [-0.2, 0) is 11.2 Å². The third-order valence-corrected chi connectivity index (χ3v) is 4.90. The highest BCUT2D eigenvalue weighted by atomic mass is 16.5. The molecule has 0 bridgehead atoms. The number of nitrogens with two attached hydrogens (primary N) is 1. The summed E-state index contributed by atoms with van der Waals surface area (Å²) in [4.78, 5) is 12.0. The first-order valence-electron chi connectivity index (χ1n) is 10.5. The maximum Gasteiger partial charge on any atom is 0.220 e. The number of aryl methyl sites for hydroxylation is 1. The predicted octanol–water partition coefficient (Wildman–Crippen LogP) is 3.24. The molecule has 0 aliphatic rings. The van der Waals surface area contributed by atoms with Crippen LogP contribution in [-0.4, -0.2) is 35.9 Å². The molecule has 0 fully saturated rings. The van der Waals surface area contributed by atoms with E-state index in [2.05, 4.69) is 16.5 Å². The minimum atomic E-state index is -0.0295. The van der Waals surface area contributed by atoms with Gasteiger partial charge in [0.2, 0.25) is 5.91 Å². The molecule has 0 spiro atoms. The summed E-state index contributed by atoms with van der Waals surface area (Å²) in [6.07, 6.45) is 2.21. The number of aromatic nitrogens is 2. The lowest BCUT2D eigenvalue weighted by molar-refractivity contribution is -0.121. The minimum Gasteiger partial charge on any atom is -0.497 e. The van der Waals surface area contributed by atoms with E-state index in [1.54, 1.807) is 11.8 Å². The zero-order valence-corrected chi connectivity index (χ0v) is 18.1. The number of anilines is 1. The molecule has 3 rings (SSSR count). The molecule has 0 saturated heterocycles. The Bertz CT molecular complexity index is 1060. The zero-order chi connectivity index (χ0) is 22.8. The summed E-state index contributed by atoms with van der Waals surface area (Å²) in [5.41, 5.74) is 7.94. The Balaban J connectivity index is 1.38. The third kappa shape index (κ3) is 6.01. The van der Waals surface area contributed by atoms with E-state index in [1.165, 1.54) is 0 Å². The second-order valence-electron chi connectivity index (χ2n) is 7.15. The number of carbonyl (C=O) groups excluding carboxylic acids is 1. The number of methoxy groups -OCH3 is 1.